The van der Waals surface area contributed by atoms with E-state index in [0.29, 0.717) is 12.8 Å². The highest BCUT2D eigenvalue weighted by Gasteiger charge is 2.02. The van der Waals surface area contributed by atoms with E-state index in [4.69, 9.17) is 9.47 Å². The minimum absolute atomic E-state index is 0.0957. The van der Waals surface area contributed by atoms with Crippen LogP contribution in [0.15, 0.2) is 58.7 Å². The topological polar surface area (TPSA) is 101 Å². The Bertz CT molecular complexity index is 923. The molecule has 0 fully saturated rings. The number of nitrogens with one attached hydrogen (secondary N) is 2. The molecule has 8 heteroatoms. The van der Waals surface area contributed by atoms with Gasteiger partial charge >= 0.3 is 0 Å². The number of hydrogen-bond acceptors (Lipinski definition) is 6. The standard InChI is InChI=1S/C31H44N4O4/c1-3-5-22-38-28-18-14-26(15-19-28)24-32-34-30(36)12-10-8-7-9-11-13-31(37)35-33-25-27-16-20-29(21-17-27)39-23-6-4-2/h14-21,24-25H,3-13,22-23H2,1-2H3,(H,34,36)(H,35,37)/b32-24-,33-25-. The maximum absolute atomic E-state index is 12.0. The van der Waals surface area contributed by atoms with Crippen molar-refractivity contribution in [3.63, 3.8) is 0 Å². The number of benzene rings is 2. The number of nitrogens with zero attached hydrogens (tertiary/aromatic N) is 2. The summed E-state index contributed by atoms with van der Waals surface area (Å²) < 4.78 is 11.3. The molecular formula is C31H44N4O4. The van der Waals surface area contributed by atoms with Crippen LogP contribution in [-0.4, -0.2) is 37.5 Å². The Morgan fingerprint density at radius 1 is 0.615 bits per heavy atom. The number of carbonyl (C=O) groups excluding carboxylic acids is 2. The SMILES string of the molecule is CCCCOc1ccc(/C=N\NC(=O)CCCCCCCC(=O)N/N=C\c2ccc(OCCCC)cc2)cc1. The van der Waals surface area contributed by atoms with Gasteiger partial charge in [0.1, 0.15) is 11.5 Å². The van der Waals surface area contributed by atoms with Gasteiger partial charge in [0.15, 0.2) is 0 Å². The van der Waals surface area contributed by atoms with E-state index in [1.807, 2.05) is 48.5 Å². The lowest BCUT2D eigenvalue weighted by molar-refractivity contribution is -0.121. The van der Waals surface area contributed by atoms with Crippen molar-refractivity contribution < 1.29 is 19.1 Å². The van der Waals surface area contributed by atoms with E-state index in [9.17, 15) is 9.59 Å². The van der Waals surface area contributed by atoms with Crippen LogP contribution in [0.25, 0.3) is 0 Å². The lowest BCUT2D eigenvalue weighted by Gasteiger charge is -2.05. The van der Waals surface area contributed by atoms with E-state index in [1.54, 1.807) is 12.4 Å². The quantitative estimate of drug-likeness (QED) is 0.117. The van der Waals surface area contributed by atoms with Crippen LogP contribution >= 0.6 is 0 Å². The molecule has 0 bridgehead atoms. The normalized spacial score (nSPS) is 11.1. The predicted molar refractivity (Wildman–Crippen MR) is 157 cm³/mol. The highest BCUT2D eigenvalue weighted by Crippen LogP contribution is 2.13. The number of ether oxygens (including phenoxy) is 2. The maximum atomic E-state index is 12.0. The van der Waals surface area contributed by atoms with Gasteiger partial charge < -0.3 is 9.47 Å². The van der Waals surface area contributed by atoms with Gasteiger partial charge in [-0.1, -0.05) is 46.0 Å². The third-order valence-electron chi connectivity index (χ3n) is 5.91. The van der Waals surface area contributed by atoms with E-state index >= 15 is 0 Å². The Hall–Kier alpha value is -3.68. The van der Waals surface area contributed by atoms with Crippen LogP contribution in [-0.2, 0) is 9.59 Å². The molecule has 212 valence electrons. The number of hydrazone groups is 2. The lowest BCUT2D eigenvalue weighted by Crippen LogP contribution is -2.17. The van der Waals surface area contributed by atoms with Crippen molar-refractivity contribution in [2.75, 3.05) is 13.2 Å². The smallest absolute Gasteiger partial charge is 0.240 e. The lowest BCUT2D eigenvalue weighted by atomic mass is 10.1. The Labute approximate surface area is 233 Å². The second-order valence-electron chi connectivity index (χ2n) is 9.40. The molecule has 2 amide bonds. The van der Waals surface area contributed by atoms with Crippen molar-refractivity contribution in [3.05, 3.63) is 59.7 Å². The molecule has 0 spiro atoms. The van der Waals surface area contributed by atoms with E-state index in [-0.39, 0.29) is 11.8 Å². The molecular weight excluding hydrogens is 492 g/mol. The molecule has 0 aromatic heterocycles. The molecule has 0 unspecified atom stereocenters. The molecule has 0 radical (unpaired) electrons. The highest BCUT2D eigenvalue weighted by atomic mass is 16.5. The van der Waals surface area contributed by atoms with Crippen LogP contribution < -0.4 is 20.3 Å². The summed E-state index contributed by atoms with van der Waals surface area (Å²) in [6.45, 7) is 5.70. The van der Waals surface area contributed by atoms with E-state index in [2.05, 4.69) is 34.9 Å². The molecule has 2 N–H and O–H groups in total. The minimum Gasteiger partial charge on any atom is -0.494 e. The summed E-state index contributed by atoms with van der Waals surface area (Å²) in [6.07, 6.45) is 12.9. The number of rotatable bonds is 20. The fraction of sp³-hybridized carbons (Fsp3) is 0.484. The molecule has 0 aliphatic heterocycles. The fourth-order valence-corrected chi connectivity index (χ4v) is 3.54. The average molecular weight is 537 g/mol. The number of unbranched alkanes of at least 4 members (excludes halogenated alkanes) is 6. The first kappa shape index (κ1) is 31.5. The third-order valence-corrected chi connectivity index (χ3v) is 5.91. The van der Waals surface area contributed by atoms with Crippen molar-refractivity contribution in [3.8, 4) is 11.5 Å². The zero-order valence-corrected chi connectivity index (χ0v) is 23.5. The molecule has 0 aliphatic carbocycles. The van der Waals surface area contributed by atoms with E-state index < -0.39 is 0 Å². The van der Waals surface area contributed by atoms with Gasteiger partial charge in [-0.25, -0.2) is 10.9 Å². The molecule has 2 aromatic carbocycles. The zero-order chi connectivity index (χ0) is 28.0. The van der Waals surface area contributed by atoms with Gasteiger partial charge in [-0.3, -0.25) is 9.59 Å². The summed E-state index contributed by atoms with van der Waals surface area (Å²) in [5.41, 5.74) is 6.95. The summed E-state index contributed by atoms with van der Waals surface area (Å²) in [5.74, 6) is 1.48. The first-order valence-corrected chi connectivity index (χ1v) is 14.2. The monoisotopic (exact) mass is 536 g/mol. The maximum Gasteiger partial charge on any atom is 0.240 e. The fourth-order valence-electron chi connectivity index (χ4n) is 3.54. The van der Waals surface area contributed by atoms with Gasteiger partial charge in [-0.05, 0) is 85.3 Å². The highest BCUT2D eigenvalue weighted by molar-refractivity contribution is 5.83. The summed E-state index contributed by atoms with van der Waals surface area (Å²) in [4.78, 5) is 23.9. The van der Waals surface area contributed by atoms with Gasteiger partial charge in [0.2, 0.25) is 11.8 Å². The second-order valence-corrected chi connectivity index (χ2v) is 9.40. The summed E-state index contributed by atoms with van der Waals surface area (Å²) >= 11 is 0. The molecule has 39 heavy (non-hydrogen) atoms. The summed E-state index contributed by atoms with van der Waals surface area (Å²) in [5, 5.41) is 8.06. The van der Waals surface area contributed by atoms with Gasteiger partial charge in [-0.2, -0.15) is 10.2 Å². The summed E-state index contributed by atoms with van der Waals surface area (Å²) in [6, 6.07) is 15.3. The molecule has 0 saturated carbocycles. The first-order valence-electron chi connectivity index (χ1n) is 14.2. The number of carbonyl (C=O) groups is 2. The minimum atomic E-state index is -0.0957. The van der Waals surface area contributed by atoms with Crippen molar-refractivity contribution in [2.24, 2.45) is 10.2 Å². The van der Waals surface area contributed by atoms with Crippen molar-refractivity contribution in [2.45, 2.75) is 84.5 Å². The molecule has 2 rings (SSSR count). The largest absolute Gasteiger partial charge is 0.494 e. The molecule has 8 nitrogen and oxygen atoms in total. The predicted octanol–water partition coefficient (Wildman–Crippen LogP) is 6.38. The van der Waals surface area contributed by atoms with Crippen LogP contribution in [0, 0.1) is 0 Å². The Balaban J connectivity index is 1.47. The van der Waals surface area contributed by atoms with Crippen LogP contribution in [0.2, 0.25) is 0 Å². The first-order chi connectivity index (χ1) is 19.1. The Morgan fingerprint density at radius 2 is 1.00 bits per heavy atom. The van der Waals surface area contributed by atoms with Gasteiger partial charge in [0, 0.05) is 12.8 Å². The number of amides is 2. The van der Waals surface area contributed by atoms with Crippen molar-refractivity contribution in [1.82, 2.24) is 10.9 Å². The van der Waals surface area contributed by atoms with Gasteiger partial charge in [-0.15, -0.1) is 0 Å². The van der Waals surface area contributed by atoms with E-state index in [1.165, 1.54) is 0 Å². The average Bonchev–Trinajstić information content (AvgIpc) is 2.94. The zero-order valence-electron chi connectivity index (χ0n) is 23.5. The van der Waals surface area contributed by atoms with Crippen molar-refractivity contribution >= 4 is 24.2 Å². The third kappa shape index (κ3) is 15.4. The summed E-state index contributed by atoms with van der Waals surface area (Å²) in [7, 11) is 0. The van der Waals surface area contributed by atoms with E-state index in [0.717, 1.165) is 93.6 Å². The Kier molecular flexibility index (Phi) is 16.4. The van der Waals surface area contributed by atoms with Gasteiger partial charge in [0.05, 0.1) is 25.6 Å². The molecule has 0 heterocycles. The van der Waals surface area contributed by atoms with Crippen LogP contribution in [0.5, 0.6) is 11.5 Å². The Morgan fingerprint density at radius 3 is 1.38 bits per heavy atom. The number of hydrogen-bond donors (Lipinski definition) is 2. The van der Waals surface area contributed by atoms with Gasteiger partial charge in [0.25, 0.3) is 0 Å². The molecule has 0 atom stereocenters. The van der Waals surface area contributed by atoms with Crippen molar-refractivity contribution in [1.29, 1.82) is 0 Å². The van der Waals surface area contributed by atoms with Crippen LogP contribution in [0.3, 0.4) is 0 Å². The molecule has 0 aliphatic rings. The van der Waals surface area contributed by atoms with Crippen LogP contribution in [0.1, 0.15) is 95.6 Å². The second kappa shape index (κ2) is 20.3. The molecule has 0 saturated heterocycles. The van der Waals surface area contributed by atoms with Crippen LogP contribution in [0.4, 0.5) is 0 Å². The molecule has 2 aromatic rings.